The smallest absolute Gasteiger partial charge is 0.265 e. The van der Waals surface area contributed by atoms with E-state index in [1.807, 2.05) is 24.3 Å². The van der Waals surface area contributed by atoms with Gasteiger partial charge in [0.15, 0.2) is 0 Å². The number of amides is 1. The van der Waals surface area contributed by atoms with Crippen molar-refractivity contribution < 1.29 is 13.6 Å². The number of nitrogens with zero attached hydrogens (tertiary/aromatic N) is 6. The van der Waals surface area contributed by atoms with E-state index in [0.29, 0.717) is 17.9 Å². The number of aromatic nitrogens is 3. The van der Waals surface area contributed by atoms with E-state index >= 15 is 0 Å². The Hall–Kier alpha value is -3.93. The van der Waals surface area contributed by atoms with Crippen LogP contribution in [0.3, 0.4) is 0 Å². The Morgan fingerprint density at radius 1 is 1.30 bits per heavy atom. The average molecular weight is 362 g/mol. The van der Waals surface area contributed by atoms with E-state index in [0.717, 1.165) is 5.71 Å². The molecule has 0 saturated carbocycles. The maximum absolute atomic E-state index is 12.8. The molecule has 4 rings (SSSR count). The second-order valence-corrected chi connectivity index (χ2v) is 5.79. The first kappa shape index (κ1) is 16.5. The van der Waals surface area contributed by atoms with Gasteiger partial charge < -0.3 is 8.83 Å². The summed E-state index contributed by atoms with van der Waals surface area (Å²) in [5.41, 5.74) is 0.720. The third-order valence-corrected chi connectivity index (χ3v) is 3.98. The number of rotatable bonds is 5. The lowest BCUT2D eigenvalue weighted by molar-refractivity contribution is -0.134. The number of hydrogen-bond donors (Lipinski definition) is 0. The maximum atomic E-state index is 12.8. The Morgan fingerprint density at radius 2 is 2.15 bits per heavy atom. The van der Waals surface area contributed by atoms with Crippen LogP contribution in [-0.2, 0) is 11.3 Å². The lowest BCUT2D eigenvalue weighted by Gasteiger charge is -2.19. The molecule has 0 aromatic carbocycles. The molecule has 0 saturated heterocycles. The Morgan fingerprint density at radius 3 is 2.85 bits per heavy atom. The van der Waals surface area contributed by atoms with Gasteiger partial charge in [0.1, 0.15) is 36.5 Å². The molecule has 1 atom stereocenters. The largest absolute Gasteiger partial charge is 0.467 e. The minimum Gasteiger partial charge on any atom is -0.467 e. The summed E-state index contributed by atoms with van der Waals surface area (Å²) in [5.74, 6) is 1.07. The van der Waals surface area contributed by atoms with Crippen molar-refractivity contribution in [1.29, 1.82) is 5.26 Å². The van der Waals surface area contributed by atoms with Crippen molar-refractivity contribution in [2.45, 2.75) is 19.0 Å². The van der Waals surface area contributed by atoms with Crippen molar-refractivity contribution in [1.82, 2.24) is 19.8 Å². The third kappa shape index (κ3) is 3.55. The summed E-state index contributed by atoms with van der Waals surface area (Å²) < 4.78 is 12.1. The lowest BCUT2D eigenvalue weighted by Crippen LogP contribution is -2.30. The van der Waals surface area contributed by atoms with Crippen molar-refractivity contribution in [3.63, 3.8) is 0 Å². The molecule has 0 aliphatic carbocycles. The van der Waals surface area contributed by atoms with Gasteiger partial charge in [0.25, 0.3) is 11.7 Å². The molecule has 1 unspecified atom stereocenters. The standard InChI is InChI=1S/C18H14N6O3/c19-10-17-20-12-23(22-17)11-18(25)24-15(16-4-2-8-27-16)9-13(21-24)5-6-14-3-1-7-26-14/h1-8,12,15H,9,11H2. The maximum Gasteiger partial charge on any atom is 0.265 e. The van der Waals surface area contributed by atoms with Gasteiger partial charge in [-0.05, 0) is 36.4 Å². The zero-order valence-electron chi connectivity index (χ0n) is 14.1. The molecule has 3 aromatic rings. The van der Waals surface area contributed by atoms with Gasteiger partial charge in [0, 0.05) is 6.42 Å². The molecule has 9 heteroatoms. The fourth-order valence-corrected chi connectivity index (χ4v) is 2.76. The van der Waals surface area contributed by atoms with Crippen LogP contribution in [0.4, 0.5) is 0 Å². The van der Waals surface area contributed by atoms with Gasteiger partial charge in [-0.2, -0.15) is 10.4 Å². The Labute approximate surface area is 153 Å². The van der Waals surface area contributed by atoms with E-state index in [2.05, 4.69) is 15.2 Å². The number of allylic oxidation sites excluding steroid dienone is 1. The highest BCUT2D eigenvalue weighted by atomic mass is 16.3. The van der Waals surface area contributed by atoms with Gasteiger partial charge >= 0.3 is 0 Å². The topological polar surface area (TPSA) is 113 Å². The van der Waals surface area contributed by atoms with Gasteiger partial charge in [-0.1, -0.05) is 0 Å². The molecule has 134 valence electrons. The number of carbonyl (C=O) groups excluding carboxylic acids is 1. The second-order valence-electron chi connectivity index (χ2n) is 5.79. The molecular weight excluding hydrogens is 348 g/mol. The highest BCUT2D eigenvalue weighted by Gasteiger charge is 2.33. The SMILES string of the molecule is N#Cc1ncn(CC(=O)N2N=C(C=Cc3ccco3)CC2c2ccco2)n1. The first-order valence-corrected chi connectivity index (χ1v) is 8.17. The van der Waals surface area contributed by atoms with Crippen molar-refractivity contribution in [3.05, 3.63) is 66.5 Å². The van der Waals surface area contributed by atoms with Gasteiger partial charge in [0.2, 0.25) is 0 Å². The van der Waals surface area contributed by atoms with Crippen LogP contribution in [-0.4, -0.2) is 31.4 Å². The van der Waals surface area contributed by atoms with Crippen LogP contribution in [0, 0.1) is 11.3 Å². The Kier molecular flexibility index (Phi) is 4.37. The molecule has 0 bridgehead atoms. The zero-order chi connectivity index (χ0) is 18.6. The summed E-state index contributed by atoms with van der Waals surface area (Å²) in [6, 6.07) is 8.69. The molecule has 0 radical (unpaired) electrons. The van der Waals surface area contributed by atoms with Gasteiger partial charge in [-0.15, -0.1) is 5.10 Å². The predicted molar refractivity (Wildman–Crippen MR) is 92.8 cm³/mol. The predicted octanol–water partition coefficient (Wildman–Crippen LogP) is 2.38. The summed E-state index contributed by atoms with van der Waals surface area (Å²) in [7, 11) is 0. The molecule has 3 aromatic heterocycles. The zero-order valence-corrected chi connectivity index (χ0v) is 14.1. The van der Waals surface area contributed by atoms with Crippen LogP contribution < -0.4 is 0 Å². The van der Waals surface area contributed by atoms with Crippen LogP contribution in [0.5, 0.6) is 0 Å². The quantitative estimate of drug-likeness (QED) is 0.688. The van der Waals surface area contributed by atoms with Crippen molar-refractivity contribution >= 4 is 17.7 Å². The average Bonchev–Trinajstić information content (AvgIpc) is 3.47. The van der Waals surface area contributed by atoms with Crippen LogP contribution in [0.15, 0.2) is 63.1 Å². The normalized spacial score (nSPS) is 16.6. The Bertz CT molecular complexity index is 1020. The summed E-state index contributed by atoms with van der Waals surface area (Å²) in [5, 5.41) is 18.5. The summed E-state index contributed by atoms with van der Waals surface area (Å²) >= 11 is 0. The molecule has 27 heavy (non-hydrogen) atoms. The number of furan rings is 2. The number of hydrogen-bond acceptors (Lipinski definition) is 7. The second kappa shape index (κ2) is 7.13. The highest BCUT2D eigenvalue weighted by Crippen LogP contribution is 2.31. The molecule has 9 nitrogen and oxygen atoms in total. The van der Waals surface area contributed by atoms with Gasteiger partial charge in [0.05, 0.1) is 18.2 Å². The summed E-state index contributed by atoms with van der Waals surface area (Å²) in [4.78, 5) is 16.6. The number of hydrazone groups is 1. The molecular formula is C18H14N6O3. The monoisotopic (exact) mass is 362 g/mol. The number of nitriles is 1. The summed E-state index contributed by atoms with van der Waals surface area (Å²) in [6.45, 7) is -0.0788. The minimum absolute atomic E-state index is 0.0115. The van der Waals surface area contributed by atoms with Crippen LogP contribution >= 0.6 is 0 Å². The van der Waals surface area contributed by atoms with Gasteiger partial charge in [-0.3, -0.25) is 4.79 Å². The summed E-state index contributed by atoms with van der Waals surface area (Å²) in [6.07, 6.45) is 8.61. The van der Waals surface area contributed by atoms with E-state index < -0.39 is 0 Å². The molecule has 4 heterocycles. The van der Waals surface area contributed by atoms with Crippen LogP contribution in [0.1, 0.15) is 29.8 Å². The van der Waals surface area contributed by atoms with Gasteiger partial charge in [-0.25, -0.2) is 14.7 Å². The van der Waals surface area contributed by atoms with Crippen molar-refractivity contribution in [2.24, 2.45) is 5.10 Å². The molecule has 0 N–H and O–H groups in total. The van der Waals surface area contributed by atoms with Crippen LogP contribution in [0.2, 0.25) is 0 Å². The highest BCUT2D eigenvalue weighted by molar-refractivity contribution is 6.00. The fourth-order valence-electron chi connectivity index (χ4n) is 2.76. The minimum atomic E-state index is -0.345. The van der Waals surface area contributed by atoms with Crippen molar-refractivity contribution in [3.8, 4) is 6.07 Å². The lowest BCUT2D eigenvalue weighted by atomic mass is 10.1. The molecule has 1 amide bonds. The number of carbonyl (C=O) groups is 1. The van der Waals surface area contributed by atoms with E-state index in [1.165, 1.54) is 16.0 Å². The van der Waals surface area contributed by atoms with E-state index in [9.17, 15) is 4.79 Å². The van der Waals surface area contributed by atoms with Crippen LogP contribution in [0.25, 0.3) is 6.08 Å². The van der Waals surface area contributed by atoms with E-state index in [-0.39, 0.29) is 24.3 Å². The van der Waals surface area contributed by atoms with E-state index in [1.54, 1.807) is 30.7 Å². The molecule has 0 fully saturated rings. The van der Waals surface area contributed by atoms with Crippen molar-refractivity contribution in [2.75, 3.05) is 0 Å². The first-order valence-electron chi connectivity index (χ1n) is 8.17. The van der Waals surface area contributed by atoms with E-state index in [4.69, 9.17) is 14.1 Å². The fraction of sp³-hybridized carbons (Fsp3) is 0.167. The Balaban J connectivity index is 1.55. The molecule has 1 aliphatic rings. The molecule has 1 aliphatic heterocycles. The molecule has 0 spiro atoms. The first-order chi connectivity index (χ1) is 13.2. The third-order valence-electron chi connectivity index (χ3n) is 3.98.